The van der Waals surface area contributed by atoms with Crippen molar-refractivity contribution in [1.29, 1.82) is 0 Å². The molecule has 4 heteroatoms. The molecule has 0 saturated carbocycles. The number of hydrogen-bond acceptors (Lipinski definition) is 4. The van der Waals surface area contributed by atoms with Gasteiger partial charge in [0.25, 0.3) is 0 Å². The van der Waals surface area contributed by atoms with Gasteiger partial charge in [0.15, 0.2) is 0 Å². The van der Waals surface area contributed by atoms with Gasteiger partial charge in [-0.3, -0.25) is 4.98 Å². The van der Waals surface area contributed by atoms with Gasteiger partial charge in [0, 0.05) is 18.8 Å². The fourth-order valence-electron chi connectivity index (χ4n) is 1.55. The molecule has 0 aliphatic rings. The second-order valence-electron chi connectivity index (χ2n) is 4.72. The smallest absolute Gasteiger partial charge is 0.0736 e. The molecule has 0 bridgehead atoms. The first-order chi connectivity index (χ1) is 7.50. The van der Waals surface area contributed by atoms with Crippen LogP contribution in [0.2, 0.25) is 0 Å². The van der Waals surface area contributed by atoms with Crippen LogP contribution in [0, 0.1) is 5.92 Å². The lowest BCUT2D eigenvalue weighted by Crippen LogP contribution is -2.36. The van der Waals surface area contributed by atoms with Crippen LogP contribution in [-0.4, -0.2) is 36.6 Å². The largest absolute Gasteiger partial charge is 0.396 e. The van der Waals surface area contributed by atoms with E-state index in [2.05, 4.69) is 43.1 Å². The molecule has 0 aliphatic carbocycles. The second kappa shape index (κ2) is 5.70. The van der Waals surface area contributed by atoms with Crippen LogP contribution in [0.5, 0.6) is 0 Å². The van der Waals surface area contributed by atoms with E-state index in [4.69, 9.17) is 5.73 Å². The summed E-state index contributed by atoms with van der Waals surface area (Å²) in [6.07, 6.45) is 3.43. The number of anilines is 2. The highest BCUT2D eigenvalue weighted by atomic mass is 15.1. The zero-order chi connectivity index (χ0) is 12.1. The summed E-state index contributed by atoms with van der Waals surface area (Å²) in [6, 6.07) is 2.31. The van der Waals surface area contributed by atoms with E-state index in [1.54, 1.807) is 12.4 Å². The van der Waals surface area contributed by atoms with Crippen molar-refractivity contribution in [1.82, 2.24) is 9.88 Å². The third-order valence-corrected chi connectivity index (χ3v) is 2.56. The highest BCUT2D eigenvalue weighted by Gasteiger charge is 2.14. The first-order valence-electron chi connectivity index (χ1n) is 5.61. The SMILES string of the molecule is CC(C)C(CN(C)C)Nc1ccncc1N. The molecule has 0 saturated heterocycles. The average molecular weight is 222 g/mol. The maximum atomic E-state index is 5.86. The fraction of sp³-hybridized carbons (Fsp3) is 0.583. The number of nitrogens with zero attached hydrogens (tertiary/aromatic N) is 2. The summed E-state index contributed by atoms with van der Waals surface area (Å²) in [5.41, 5.74) is 7.53. The molecule has 1 rings (SSSR count). The van der Waals surface area contributed by atoms with Crippen molar-refractivity contribution in [2.75, 3.05) is 31.7 Å². The molecule has 3 N–H and O–H groups in total. The molecule has 1 unspecified atom stereocenters. The first-order valence-corrected chi connectivity index (χ1v) is 5.61. The predicted octanol–water partition coefficient (Wildman–Crippen LogP) is 1.66. The van der Waals surface area contributed by atoms with E-state index in [1.807, 2.05) is 6.07 Å². The molecule has 0 spiro atoms. The highest BCUT2D eigenvalue weighted by Crippen LogP contribution is 2.19. The Labute approximate surface area is 97.9 Å². The molecule has 1 heterocycles. The standard InChI is InChI=1S/C12H22N4/c1-9(2)12(8-16(3)4)15-11-5-6-14-7-10(11)13/h5-7,9,12H,8,13H2,1-4H3,(H,14,15). The third-order valence-electron chi connectivity index (χ3n) is 2.56. The lowest BCUT2D eigenvalue weighted by Gasteiger charge is -2.27. The molecule has 90 valence electrons. The van der Waals surface area contributed by atoms with Crippen molar-refractivity contribution in [2.45, 2.75) is 19.9 Å². The number of pyridine rings is 1. The number of rotatable bonds is 5. The van der Waals surface area contributed by atoms with Crippen molar-refractivity contribution >= 4 is 11.4 Å². The van der Waals surface area contributed by atoms with Crippen LogP contribution in [0.1, 0.15) is 13.8 Å². The van der Waals surface area contributed by atoms with E-state index in [0.29, 0.717) is 17.6 Å². The van der Waals surface area contributed by atoms with Gasteiger partial charge in [0.05, 0.1) is 17.6 Å². The summed E-state index contributed by atoms with van der Waals surface area (Å²) in [5.74, 6) is 0.551. The Hall–Kier alpha value is -1.29. The van der Waals surface area contributed by atoms with E-state index >= 15 is 0 Å². The minimum absolute atomic E-state index is 0.389. The van der Waals surface area contributed by atoms with Crippen LogP contribution in [-0.2, 0) is 0 Å². The Bertz CT molecular complexity index is 323. The van der Waals surface area contributed by atoms with Gasteiger partial charge >= 0.3 is 0 Å². The van der Waals surface area contributed by atoms with Gasteiger partial charge in [-0.1, -0.05) is 13.8 Å². The van der Waals surface area contributed by atoms with Gasteiger partial charge in [-0.2, -0.15) is 0 Å². The zero-order valence-electron chi connectivity index (χ0n) is 10.6. The van der Waals surface area contributed by atoms with Crippen LogP contribution in [0.15, 0.2) is 18.5 Å². The highest BCUT2D eigenvalue weighted by molar-refractivity contribution is 5.64. The molecular formula is C12H22N4. The summed E-state index contributed by atoms with van der Waals surface area (Å²) in [7, 11) is 4.15. The summed E-state index contributed by atoms with van der Waals surface area (Å²) in [4.78, 5) is 6.16. The molecular weight excluding hydrogens is 200 g/mol. The van der Waals surface area contributed by atoms with Crippen LogP contribution in [0.3, 0.4) is 0 Å². The molecule has 0 amide bonds. The number of nitrogen functional groups attached to an aromatic ring is 1. The van der Waals surface area contributed by atoms with E-state index in [0.717, 1.165) is 12.2 Å². The van der Waals surface area contributed by atoms with Gasteiger partial charge in [-0.05, 0) is 26.1 Å². The predicted molar refractivity (Wildman–Crippen MR) is 69.5 cm³/mol. The quantitative estimate of drug-likeness (QED) is 0.795. The van der Waals surface area contributed by atoms with Gasteiger partial charge < -0.3 is 16.0 Å². The Morgan fingerprint density at radius 2 is 2.12 bits per heavy atom. The van der Waals surface area contributed by atoms with Crippen molar-refractivity contribution in [2.24, 2.45) is 5.92 Å². The summed E-state index contributed by atoms with van der Waals surface area (Å²) >= 11 is 0. The monoisotopic (exact) mass is 222 g/mol. The Morgan fingerprint density at radius 3 is 2.62 bits per heavy atom. The lowest BCUT2D eigenvalue weighted by molar-refractivity contribution is 0.344. The van der Waals surface area contributed by atoms with E-state index in [9.17, 15) is 0 Å². The lowest BCUT2D eigenvalue weighted by atomic mass is 10.0. The normalized spacial score (nSPS) is 13.1. The zero-order valence-corrected chi connectivity index (χ0v) is 10.6. The van der Waals surface area contributed by atoms with Gasteiger partial charge in [-0.15, -0.1) is 0 Å². The molecule has 0 radical (unpaired) electrons. The number of aromatic nitrogens is 1. The number of nitrogens with two attached hydrogens (primary N) is 1. The molecule has 1 aromatic heterocycles. The molecule has 0 aromatic carbocycles. The third kappa shape index (κ3) is 3.70. The fourth-order valence-corrected chi connectivity index (χ4v) is 1.55. The maximum Gasteiger partial charge on any atom is 0.0736 e. The van der Waals surface area contributed by atoms with E-state index in [-0.39, 0.29) is 0 Å². The minimum Gasteiger partial charge on any atom is -0.396 e. The van der Waals surface area contributed by atoms with Crippen LogP contribution >= 0.6 is 0 Å². The first kappa shape index (κ1) is 12.8. The van der Waals surface area contributed by atoms with Gasteiger partial charge in [0.1, 0.15) is 0 Å². The maximum absolute atomic E-state index is 5.86. The molecule has 0 fully saturated rings. The van der Waals surface area contributed by atoms with Gasteiger partial charge in [-0.25, -0.2) is 0 Å². The Morgan fingerprint density at radius 1 is 1.44 bits per heavy atom. The molecule has 4 nitrogen and oxygen atoms in total. The van der Waals surface area contributed by atoms with E-state index < -0.39 is 0 Å². The molecule has 1 atom stereocenters. The number of hydrogen-bond donors (Lipinski definition) is 2. The summed E-state index contributed by atoms with van der Waals surface area (Å²) < 4.78 is 0. The van der Waals surface area contributed by atoms with Crippen LogP contribution in [0.4, 0.5) is 11.4 Å². The second-order valence-corrected chi connectivity index (χ2v) is 4.72. The summed E-state index contributed by atoms with van der Waals surface area (Å²) in [5, 5.41) is 3.47. The summed E-state index contributed by atoms with van der Waals surface area (Å²) in [6.45, 7) is 5.40. The molecule has 16 heavy (non-hydrogen) atoms. The van der Waals surface area contributed by atoms with E-state index in [1.165, 1.54) is 0 Å². The average Bonchev–Trinajstić information content (AvgIpc) is 2.19. The molecule has 0 aliphatic heterocycles. The van der Waals surface area contributed by atoms with Crippen LogP contribution < -0.4 is 11.1 Å². The van der Waals surface area contributed by atoms with Crippen molar-refractivity contribution in [3.63, 3.8) is 0 Å². The molecule has 1 aromatic rings. The van der Waals surface area contributed by atoms with Crippen molar-refractivity contribution in [3.05, 3.63) is 18.5 Å². The van der Waals surface area contributed by atoms with Crippen LogP contribution in [0.25, 0.3) is 0 Å². The Kier molecular flexibility index (Phi) is 4.55. The van der Waals surface area contributed by atoms with Crippen molar-refractivity contribution in [3.8, 4) is 0 Å². The van der Waals surface area contributed by atoms with Gasteiger partial charge in [0.2, 0.25) is 0 Å². The van der Waals surface area contributed by atoms with Crippen molar-refractivity contribution < 1.29 is 0 Å². The topological polar surface area (TPSA) is 54.2 Å². The Balaban J connectivity index is 2.72. The number of nitrogens with one attached hydrogen (secondary N) is 1. The minimum atomic E-state index is 0.389. The number of likely N-dealkylation sites (N-methyl/N-ethyl adjacent to an activating group) is 1.